The first-order chi connectivity index (χ1) is 9.33. The molecule has 5 heteroatoms. The second kappa shape index (κ2) is 5.24. The van der Waals surface area contributed by atoms with Crippen LogP contribution in [-0.4, -0.2) is 34.6 Å². The van der Waals surface area contributed by atoms with Crippen molar-refractivity contribution in [3.8, 4) is 5.69 Å². The maximum Gasteiger partial charge on any atom is 0.251 e. The summed E-state index contributed by atoms with van der Waals surface area (Å²) in [5.74, 6) is -0.0179. The lowest BCUT2D eigenvalue weighted by Crippen LogP contribution is -2.36. The number of hydrogen-bond acceptors (Lipinski definition) is 3. The lowest BCUT2D eigenvalue weighted by Gasteiger charge is -2.12. The van der Waals surface area contributed by atoms with Gasteiger partial charge in [-0.15, -0.1) is 0 Å². The minimum absolute atomic E-state index is 0.0179. The summed E-state index contributed by atoms with van der Waals surface area (Å²) in [7, 11) is 0. The highest BCUT2D eigenvalue weighted by Gasteiger charge is 2.17. The van der Waals surface area contributed by atoms with Crippen LogP contribution >= 0.6 is 0 Å². The summed E-state index contributed by atoms with van der Waals surface area (Å²) >= 11 is 0. The van der Waals surface area contributed by atoms with E-state index in [1.807, 2.05) is 35.0 Å². The molecule has 1 aromatic carbocycles. The fourth-order valence-electron chi connectivity index (χ4n) is 2.27. The number of carbonyl (C=O) groups excluding carboxylic acids is 1. The molecule has 1 aliphatic rings. The van der Waals surface area contributed by atoms with Gasteiger partial charge in [0.25, 0.3) is 5.91 Å². The summed E-state index contributed by atoms with van der Waals surface area (Å²) in [6.07, 6.45) is 6.29. The summed E-state index contributed by atoms with van der Waals surface area (Å²) in [5, 5.41) is 6.28. The van der Waals surface area contributed by atoms with E-state index in [4.69, 9.17) is 0 Å². The van der Waals surface area contributed by atoms with Gasteiger partial charge in [-0.25, -0.2) is 4.98 Å². The lowest BCUT2D eigenvalue weighted by molar-refractivity contribution is 0.0940. The zero-order chi connectivity index (χ0) is 13.1. The zero-order valence-electron chi connectivity index (χ0n) is 10.5. The van der Waals surface area contributed by atoms with Crippen LogP contribution in [0.1, 0.15) is 16.8 Å². The van der Waals surface area contributed by atoms with Gasteiger partial charge in [-0.2, -0.15) is 0 Å². The number of carbonyl (C=O) groups is 1. The molecular weight excluding hydrogens is 240 g/mol. The number of benzene rings is 1. The van der Waals surface area contributed by atoms with Gasteiger partial charge in [-0.1, -0.05) is 6.07 Å². The molecule has 1 aromatic heterocycles. The Hall–Kier alpha value is -2.14. The van der Waals surface area contributed by atoms with Gasteiger partial charge in [-0.3, -0.25) is 4.79 Å². The maximum atomic E-state index is 12.2. The van der Waals surface area contributed by atoms with E-state index in [1.54, 1.807) is 12.5 Å². The molecule has 1 atom stereocenters. The number of rotatable bonds is 3. The van der Waals surface area contributed by atoms with E-state index < -0.39 is 0 Å². The molecule has 2 heterocycles. The average Bonchev–Trinajstić information content (AvgIpc) is 3.12. The normalized spacial score (nSPS) is 18.4. The molecule has 0 aliphatic carbocycles. The van der Waals surface area contributed by atoms with E-state index >= 15 is 0 Å². The Bertz CT molecular complexity index is 559. The fourth-order valence-corrected chi connectivity index (χ4v) is 2.27. The first kappa shape index (κ1) is 11.9. The summed E-state index contributed by atoms with van der Waals surface area (Å²) < 4.78 is 1.88. The zero-order valence-corrected chi connectivity index (χ0v) is 10.5. The number of nitrogens with zero attached hydrogens (tertiary/aromatic N) is 2. The number of nitrogens with one attached hydrogen (secondary N) is 2. The standard InChI is InChI=1S/C14H16N4O/c19-14(17-12-4-5-15-9-12)11-2-1-3-13(8-11)18-7-6-16-10-18/h1-3,6-8,10,12,15H,4-5,9H2,(H,17,19). The molecule has 0 bridgehead atoms. The van der Waals surface area contributed by atoms with Crippen molar-refractivity contribution in [2.24, 2.45) is 0 Å². The Labute approximate surface area is 111 Å². The quantitative estimate of drug-likeness (QED) is 0.860. The van der Waals surface area contributed by atoms with Gasteiger partial charge in [0.1, 0.15) is 0 Å². The SMILES string of the molecule is O=C(NC1CCNC1)c1cccc(-n2ccnc2)c1. The van der Waals surface area contributed by atoms with Crippen LogP contribution in [0.15, 0.2) is 43.0 Å². The third-order valence-corrected chi connectivity index (χ3v) is 3.31. The topological polar surface area (TPSA) is 59.0 Å². The van der Waals surface area contributed by atoms with Crippen LogP contribution in [0.5, 0.6) is 0 Å². The Balaban J connectivity index is 1.77. The van der Waals surface area contributed by atoms with Gasteiger partial charge < -0.3 is 15.2 Å². The van der Waals surface area contributed by atoms with E-state index in [9.17, 15) is 4.79 Å². The van der Waals surface area contributed by atoms with Crippen molar-refractivity contribution >= 4 is 5.91 Å². The lowest BCUT2D eigenvalue weighted by atomic mass is 10.1. The number of hydrogen-bond donors (Lipinski definition) is 2. The number of amides is 1. The van der Waals surface area contributed by atoms with Crippen LogP contribution in [0.4, 0.5) is 0 Å². The van der Waals surface area contributed by atoms with Gasteiger partial charge >= 0.3 is 0 Å². The molecule has 98 valence electrons. The smallest absolute Gasteiger partial charge is 0.251 e. The third kappa shape index (κ3) is 2.66. The minimum atomic E-state index is -0.0179. The van der Waals surface area contributed by atoms with E-state index in [2.05, 4.69) is 15.6 Å². The summed E-state index contributed by atoms with van der Waals surface area (Å²) in [6.45, 7) is 1.83. The van der Waals surface area contributed by atoms with Crippen molar-refractivity contribution in [1.82, 2.24) is 20.2 Å². The van der Waals surface area contributed by atoms with Gasteiger partial charge in [0.05, 0.1) is 6.33 Å². The van der Waals surface area contributed by atoms with Crippen molar-refractivity contribution in [2.45, 2.75) is 12.5 Å². The van der Waals surface area contributed by atoms with Crippen LogP contribution in [-0.2, 0) is 0 Å². The molecule has 0 radical (unpaired) electrons. The molecule has 0 spiro atoms. The molecule has 1 fully saturated rings. The van der Waals surface area contributed by atoms with Crippen molar-refractivity contribution in [1.29, 1.82) is 0 Å². The molecule has 0 saturated carbocycles. The molecule has 1 unspecified atom stereocenters. The van der Waals surface area contributed by atoms with Crippen molar-refractivity contribution in [3.63, 3.8) is 0 Å². The van der Waals surface area contributed by atoms with Crippen molar-refractivity contribution in [2.75, 3.05) is 13.1 Å². The second-order valence-electron chi connectivity index (χ2n) is 4.68. The van der Waals surface area contributed by atoms with E-state index in [1.165, 1.54) is 0 Å². The fraction of sp³-hybridized carbons (Fsp3) is 0.286. The molecule has 3 rings (SSSR count). The monoisotopic (exact) mass is 256 g/mol. The van der Waals surface area contributed by atoms with Crippen molar-refractivity contribution < 1.29 is 4.79 Å². The van der Waals surface area contributed by atoms with Gasteiger partial charge in [0.2, 0.25) is 0 Å². The first-order valence-electron chi connectivity index (χ1n) is 6.43. The maximum absolute atomic E-state index is 12.2. The van der Waals surface area contributed by atoms with Gasteiger partial charge in [0.15, 0.2) is 0 Å². The Morgan fingerprint density at radius 3 is 3.16 bits per heavy atom. The predicted octanol–water partition coefficient (Wildman–Crippen LogP) is 0.964. The average molecular weight is 256 g/mol. The second-order valence-corrected chi connectivity index (χ2v) is 4.68. The highest BCUT2D eigenvalue weighted by Crippen LogP contribution is 2.11. The van der Waals surface area contributed by atoms with Crippen molar-refractivity contribution in [3.05, 3.63) is 48.5 Å². The Kier molecular flexibility index (Phi) is 3.29. The van der Waals surface area contributed by atoms with Crippen LogP contribution < -0.4 is 10.6 Å². The molecule has 2 N–H and O–H groups in total. The highest BCUT2D eigenvalue weighted by molar-refractivity contribution is 5.94. The molecule has 1 amide bonds. The Morgan fingerprint density at radius 1 is 1.47 bits per heavy atom. The van der Waals surface area contributed by atoms with E-state index in [0.717, 1.165) is 25.2 Å². The van der Waals surface area contributed by atoms with Crippen LogP contribution in [0.3, 0.4) is 0 Å². The first-order valence-corrected chi connectivity index (χ1v) is 6.43. The van der Waals surface area contributed by atoms with E-state index in [-0.39, 0.29) is 11.9 Å². The molecule has 1 aliphatic heterocycles. The highest BCUT2D eigenvalue weighted by atomic mass is 16.1. The minimum Gasteiger partial charge on any atom is -0.348 e. The number of aromatic nitrogens is 2. The summed E-state index contributed by atoms with van der Waals surface area (Å²) in [5.41, 5.74) is 1.62. The van der Waals surface area contributed by atoms with Crippen LogP contribution in [0.2, 0.25) is 0 Å². The molecule has 19 heavy (non-hydrogen) atoms. The molecule has 5 nitrogen and oxygen atoms in total. The summed E-state index contributed by atoms with van der Waals surface area (Å²) in [6, 6.07) is 7.79. The third-order valence-electron chi connectivity index (χ3n) is 3.31. The molecule has 2 aromatic rings. The largest absolute Gasteiger partial charge is 0.348 e. The number of imidazole rings is 1. The molecular formula is C14H16N4O. The molecule has 1 saturated heterocycles. The van der Waals surface area contributed by atoms with Gasteiger partial charge in [-0.05, 0) is 31.2 Å². The van der Waals surface area contributed by atoms with E-state index in [0.29, 0.717) is 5.56 Å². The summed E-state index contributed by atoms with van der Waals surface area (Å²) in [4.78, 5) is 16.2. The Morgan fingerprint density at radius 2 is 2.42 bits per heavy atom. The van der Waals surface area contributed by atoms with Crippen LogP contribution in [0, 0.1) is 0 Å². The van der Waals surface area contributed by atoms with Gasteiger partial charge in [0, 0.05) is 36.2 Å². The van der Waals surface area contributed by atoms with Crippen LogP contribution in [0.25, 0.3) is 5.69 Å². The predicted molar refractivity (Wildman–Crippen MR) is 72.3 cm³/mol.